The van der Waals surface area contributed by atoms with Gasteiger partial charge in [0.25, 0.3) is 0 Å². The molecule has 4 atom stereocenters. The van der Waals surface area contributed by atoms with E-state index in [0.29, 0.717) is 11.3 Å². The van der Waals surface area contributed by atoms with Crippen LogP contribution in [0.3, 0.4) is 0 Å². The molecule has 3 aliphatic rings. The van der Waals surface area contributed by atoms with E-state index in [2.05, 4.69) is 41.4 Å². The van der Waals surface area contributed by atoms with Crippen LogP contribution in [0.15, 0.2) is 34.2 Å². The van der Waals surface area contributed by atoms with Crippen LogP contribution in [-0.2, 0) is 0 Å². The third-order valence-electron chi connectivity index (χ3n) is 5.36. The van der Waals surface area contributed by atoms with Gasteiger partial charge in [0.1, 0.15) is 5.84 Å². The molecular formula is C18H25N3OS. The quantitative estimate of drug-likeness (QED) is 0.763. The molecule has 124 valence electrons. The Labute approximate surface area is 142 Å². The molecule has 0 aromatic heterocycles. The SMILES string of the molecule is CC1C(O)CCC2N=C(N3CCNCC3)c3ccccc3SC21. The first-order valence-electron chi connectivity index (χ1n) is 8.71. The van der Waals surface area contributed by atoms with Crippen molar-refractivity contribution in [3.63, 3.8) is 0 Å². The first kappa shape index (κ1) is 15.5. The van der Waals surface area contributed by atoms with E-state index in [9.17, 15) is 5.11 Å². The number of fused-ring (bicyclic) bond motifs is 2. The van der Waals surface area contributed by atoms with E-state index in [-0.39, 0.29) is 12.0 Å². The standard InChI is InChI=1S/C18H25N3OS/c1-12-15(22)7-6-14-17(12)23-16-5-3-2-4-13(16)18(20-14)21-10-8-19-9-11-21/h2-5,12,14-15,17,19,22H,6-11H2,1H3. The lowest BCUT2D eigenvalue weighted by molar-refractivity contribution is 0.0766. The lowest BCUT2D eigenvalue weighted by atomic mass is 9.84. The van der Waals surface area contributed by atoms with E-state index in [1.807, 2.05) is 11.8 Å². The molecule has 1 aliphatic carbocycles. The number of hydrogen-bond acceptors (Lipinski definition) is 5. The highest BCUT2D eigenvalue weighted by Gasteiger charge is 2.39. The van der Waals surface area contributed by atoms with Crippen LogP contribution < -0.4 is 5.32 Å². The van der Waals surface area contributed by atoms with E-state index in [4.69, 9.17) is 4.99 Å². The van der Waals surface area contributed by atoms with Crippen LogP contribution in [0.5, 0.6) is 0 Å². The molecule has 1 aromatic rings. The third kappa shape index (κ3) is 2.90. The number of nitrogens with one attached hydrogen (secondary N) is 1. The Bertz CT molecular complexity index is 600. The number of aliphatic hydroxyl groups excluding tert-OH is 1. The van der Waals surface area contributed by atoms with Crippen molar-refractivity contribution in [1.29, 1.82) is 0 Å². The Hall–Kier alpha value is -1.04. The number of hydrogen-bond donors (Lipinski definition) is 2. The topological polar surface area (TPSA) is 47.9 Å². The van der Waals surface area contributed by atoms with Crippen LogP contribution in [0, 0.1) is 5.92 Å². The van der Waals surface area contributed by atoms with Crippen molar-refractivity contribution in [3.05, 3.63) is 29.8 Å². The molecule has 0 amide bonds. The molecule has 0 radical (unpaired) electrons. The van der Waals surface area contributed by atoms with Gasteiger partial charge in [-0.1, -0.05) is 25.1 Å². The van der Waals surface area contributed by atoms with Gasteiger partial charge in [0, 0.05) is 41.9 Å². The van der Waals surface area contributed by atoms with E-state index >= 15 is 0 Å². The van der Waals surface area contributed by atoms with Crippen LogP contribution in [-0.4, -0.2) is 59.4 Å². The van der Waals surface area contributed by atoms with Gasteiger partial charge in [0.2, 0.25) is 0 Å². The van der Waals surface area contributed by atoms with Crippen molar-refractivity contribution in [3.8, 4) is 0 Å². The second-order valence-corrected chi connectivity index (χ2v) is 8.06. The first-order chi connectivity index (χ1) is 11.2. The molecule has 4 nitrogen and oxygen atoms in total. The maximum atomic E-state index is 10.3. The van der Waals surface area contributed by atoms with E-state index < -0.39 is 0 Å². The largest absolute Gasteiger partial charge is 0.393 e. The first-order valence-corrected chi connectivity index (χ1v) is 9.59. The summed E-state index contributed by atoms with van der Waals surface area (Å²) in [5.74, 6) is 1.46. The molecule has 2 aliphatic heterocycles. The van der Waals surface area contributed by atoms with E-state index in [0.717, 1.165) is 39.0 Å². The highest BCUT2D eigenvalue weighted by atomic mass is 32.2. The minimum Gasteiger partial charge on any atom is -0.393 e. The number of thioether (sulfide) groups is 1. The summed E-state index contributed by atoms with van der Waals surface area (Å²) in [6, 6.07) is 8.97. The van der Waals surface area contributed by atoms with Crippen molar-refractivity contribution in [2.75, 3.05) is 26.2 Å². The monoisotopic (exact) mass is 331 g/mol. The van der Waals surface area contributed by atoms with Crippen LogP contribution in [0.4, 0.5) is 0 Å². The summed E-state index contributed by atoms with van der Waals surface area (Å²) in [5.41, 5.74) is 1.27. The predicted octanol–water partition coefficient (Wildman–Crippen LogP) is 1.97. The fraction of sp³-hybridized carbons (Fsp3) is 0.611. The van der Waals surface area contributed by atoms with Gasteiger partial charge in [-0.15, -0.1) is 11.8 Å². The second-order valence-electron chi connectivity index (χ2n) is 6.84. The predicted molar refractivity (Wildman–Crippen MR) is 95.3 cm³/mol. The lowest BCUT2D eigenvalue weighted by Gasteiger charge is -2.37. The fourth-order valence-corrected chi connectivity index (χ4v) is 5.40. The minimum absolute atomic E-state index is 0.188. The summed E-state index contributed by atoms with van der Waals surface area (Å²) in [4.78, 5) is 8.99. The van der Waals surface area contributed by atoms with Gasteiger partial charge < -0.3 is 15.3 Å². The summed E-state index contributed by atoms with van der Waals surface area (Å²) in [6.45, 7) is 6.28. The van der Waals surface area contributed by atoms with Crippen molar-refractivity contribution in [2.45, 2.75) is 42.1 Å². The van der Waals surface area contributed by atoms with Gasteiger partial charge in [-0.2, -0.15) is 0 Å². The maximum absolute atomic E-state index is 10.3. The molecule has 5 heteroatoms. The molecule has 4 unspecified atom stereocenters. The average molecular weight is 331 g/mol. The number of amidine groups is 1. The van der Waals surface area contributed by atoms with Gasteiger partial charge in [-0.05, 0) is 24.8 Å². The summed E-state index contributed by atoms with van der Waals surface area (Å²) in [5, 5.41) is 14.1. The summed E-state index contributed by atoms with van der Waals surface area (Å²) in [7, 11) is 0. The summed E-state index contributed by atoms with van der Waals surface area (Å²) in [6.07, 6.45) is 1.68. The van der Waals surface area contributed by atoms with Crippen LogP contribution in [0.25, 0.3) is 0 Å². The molecule has 1 saturated heterocycles. The smallest absolute Gasteiger partial charge is 0.132 e. The van der Waals surface area contributed by atoms with Crippen molar-refractivity contribution in [2.24, 2.45) is 10.9 Å². The normalized spacial score (nSPS) is 34.2. The minimum atomic E-state index is -0.188. The molecule has 2 heterocycles. The van der Waals surface area contributed by atoms with E-state index in [1.165, 1.54) is 16.3 Å². The maximum Gasteiger partial charge on any atom is 0.132 e. The Morgan fingerprint density at radius 3 is 2.83 bits per heavy atom. The lowest BCUT2D eigenvalue weighted by Crippen LogP contribution is -2.47. The zero-order valence-electron chi connectivity index (χ0n) is 13.6. The van der Waals surface area contributed by atoms with Gasteiger partial charge in [0.05, 0.1) is 12.1 Å². The van der Waals surface area contributed by atoms with E-state index in [1.54, 1.807) is 0 Å². The number of piperazine rings is 1. The Balaban J connectivity index is 1.75. The molecule has 2 fully saturated rings. The summed E-state index contributed by atoms with van der Waals surface area (Å²) < 4.78 is 0. The highest BCUT2D eigenvalue weighted by molar-refractivity contribution is 8.00. The van der Waals surface area contributed by atoms with Crippen LogP contribution in [0.2, 0.25) is 0 Å². The Morgan fingerprint density at radius 2 is 2.00 bits per heavy atom. The van der Waals surface area contributed by atoms with Crippen molar-refractivity contribution >= 4 is 17.6 Å². The molecule has 1 aromatic carbocycles. The molecule has 4 rings (SSSR count). The Kier molecular flexibility index (Phi) is 4.35. The zero-order valence-corrected chi connectivity index (χ0v) is 14.4. The molecule has 23 heavy (non-hydrogen) atoms. The van der Waals surface area contributed by atoms with Gasteiger partial charge >= 0.3 is 0 Å². The van der Waals surface area contributed by atoms with Gasteiger partial charge in [-0.25, -0.2) is 0 Å². The van der Waals surface area contributed by atoms with Crippen molar-refractivity contribution in [1.82, 2.24) is 10.2 Å². The summed E-state index contributed by atoms with van der Waals surface area (Å²) >= 11 is 1.92. The Morgan fingerprint density at radius 1 is 1.22 bits per heavy atom. The number of benzene rings is 1. The molecule has 1 saturated carbocycles. The highest BCUT2D eigenvalue weighted by Crippen LogP contribution is 2.42. The molecule has 2 N–H and O–H groups in total. The van der Waals surface area contributed by atoms with Crippen LogP contribution >= 0.6 is 11.8 Å². The molecular weight excluding hydrogens is 306 g/mol. The molecule has 0 bridgehead atoms. The third-order valence-corrected chi connectivity index (χ3v) is 6.98. The number of aliphatic imine (C=N–C) groups is 1. The number of rotatable bonds is 0. The van der Waals surface area contributed by atoms with Crippen molar-refractivity contribution < 1.29 is 5.11 Å². The number of nitrogens with zero attached hydrogens (tertiary/aromatic N) is 2. The zero-order chi connectivity index (χ0) is 15.8. The average Bonchev–Trinajstić information content (AvgIpc) is 2.76. The van der Waals surface area contributed by atoms with Gasteiger partial charge in [-0.3, -0.25) is 4.99 Å². The van der Waals surface area contributed by atoms with Crippen LogP contribution in [0.1, 0.15) is 25.3 Å². The number of aliphatic hydroxyl groups is 1. The fourth-order valence-electron chi connectivity index (χ4n) is 3.92. The van der Waals surface area contributed by atoms with Gasteiger partial charge in [0.15, 0.2) is 0 Å². The molecule has 0 spiro atoms. The second kappa shape index (κ2) is 6.46.